The normalized spacial score (nSPS) is 11.5. The van der Waals surface area contributed by atoms with Crippen LogP contribution < -0.4 is 0 Å². The van der Waals surface area contributed by atoms with Gasteiger partial charge in [0.2, 0.25) is 5.78 Å². The first-order chi connectivity index (χ1) is 17.3. The summed E-state index contributed by atoms with van der Waals surface area (Å²) in [5.41, 5.74) is 8.79. The van der Waals surface area contributed by atoms with Crippen LogP contribution in [-0.4, -0.2) is 24.0 Å². The summed E-state index contributed by atoms with van der Waals surface area (Å²) in [5, 5.41) is 10.7. The van der Waals surface area contributed by atoms with Crippen molar-refractivity contribution in [1.82, 2.24) is 18.9 Å². The highest BCUT2D eigenvalue weighted by atomic mass is 16.3. The van der Waals surface area contributed by atoms with E-state index in [0.29, 0.717) is 5.69 Å². The summed E-state index contributed by atoms with van der Waals surface area (Å²) in [5.74, 6) is 0.974. The van der Waals surface area contributed by atoms with Crippen molar-refractivity contribution in [1.29, 1.82) is 0 Å². The molecule has 0 aliphatic rings. The topological polar surface area (TPSA) is 55.4 Å². The monoisotopic (exact) mass is 452 g/mol. The summed E-state index contributed by atoms with van der Waals surface area (Å²) < 4.78 is 4.20. The highest BCUT2D eigenvalue weighted by molar-refractivity contribution is 5.99. The second-order valence-electron chi connectivity index (χ2n) is 8.53. The number of phenolic OH excluding ortho intramolecular Hbond substituents is 1. The zero-order valence-electron chi connectivity index (χ0n) is 18.7. The Morgan fingerprint density at radius 3 is 2.23 bits per heavy atom. The van der Waals surface area contributed by atoms with E-state index in [4.69, 9.17) is 4.98 Å². The fraction of sp³-hybridized carbons (Fsp3) is 0. The van der Waals surface area contributed by atoms with Gasteiger partial charge >= 0.3 is 0 Å². The lowest BCUT2D eigenvalue weighted by atomic mass is 10.0. The first-order valence-electron chi connectivity index (χ1n) is 11.5. The molecule has 4 aromatic carbocycles. The Bertz CT molecular complexity index is 1860. The largest absolute Gasteiger partial charge is 0.506 e. The average molecular weight is 453 g/mol. The van der Waals surface area contributed by atoms with E-state index in [0.717, 1.165) is 50.2 Å². The third-order valence-corrected chi connectivity index (χ3v) is 6.49. The lowest BCUT2D eigenvalue weighted by Crippen LogP contribution is -1.95. The van der Waals surface area contributed by atoms with E-state index in [-0.39, 0.29) is 5.75 Å². The van der Waals surface area contributed by atoms with Crippen molar-refractivity contribution in [2.45, 2.75) is 0 Å². The van der Waals surface area contributed by atoms with Crippen molar-refractivity contribution in [3.63, 3.8) is 0 Å². The van der Waals surface area contributed by atoms with Crippen molar-refractivity contribution in [2.75, 3.05) is 0 Å². The quantitative estimate of drug-likeness (QED) is 0.318. The van der Waals surface area contributed by atoms with Gasteiger partial charge in [-0.3, -0.25) is 14.0 Å². The van der Waals surface area contributed by atoms with Gasteiger partial charge in [0.25, 0.3) is 0 Å². The standard InChI is InChI=1S/C30H20N4O/c35-28-17-4-3-15-26(28)33-24-13-1-2-14-25(24)34-27-16-8-11-22(29(27)32-30(33)34)20-9-7-10-21(19-20)23-12-5-6-18-31-23/h1-19,35H. The number of aromatic hydroxyl groups is 1. The van der Waals surface area contributed by atoms with Crippen LogP contribution in [0, 0.1) is 0 Å². The minimum Gasteiger partial charge on any atom is -0.506 e. The maximum absolute atomic E-state index is 10.7. The molecule has 0 amide bonds. The Labute approximate surface area is 201 Å². The molecule has 5 nitrogen and oxygen atoms in total. The van der Waals surface area contributed by atoms with E-state index in [1.807, 2.05) is 59.3 Å². The number of para-hydroxylation sites is 5. The van der Waals surface area contributed by atoms with E-state index < -0.39 is 0 Å². The minimum atomic E-state index is 0.214. The molecule has 0 saturated carbocycles. The molecule has 166 valence electrons. The lowest BCUT2D eigenvalue weighted by molar-refractivity contribution is 0.473. The van der Waals surface area contributed by atoms with Gasteiger partial charge in [-0.1, -0.05) is 60.7 Å². The maximum atomic E-state index is 10.7. The number of pyridine rings is 1. The smallest absolute Gasteiger partial charge is 0.220 e. The van der Waals surface area contributed by atoms with Crippen LogP contribution in [0.5, 0.6) is 5.75 Å². The number of hydrogen-bond acceptors (Lipinski definition) is 3. The summed E-state index contributed by atoms with van der Waals surface area (Å²) in [6, 6.07) is 36.2. The molecular weight excluding hydrogens is 432 g/mol. The average Bonchev–Trinajstić information content (AvgIpc) is 3.44. The summed E-state index contributed by atoms with van der Waals surface area (Å²) in [6.45, 7) is 0. The zero-order chi connectivity index (χ0) is 23.4. The molecule has 0 atom stereocenters. The zero-order valence-corrected chi connectivity index (χ0v) is 18.7. The molecule has 0 unspecified atom stereocenters. The second-order valence-corrected chi connectivity index (χ2v) is 8.53. The second kappa shape index (κ2) is 7.57. The Hall–Kier alpha value is -4.90. The summed E-state index contributed by atoms with van der Waals surface area (Å²) in [6.07, 6.45) is 1.81. The van der Waals surface area contributed by atoms with Crippen molar-refractivity contribution < 1.29 is 5.11 Å². The predicted molar refractivity (Wildman–Crippen MR) is 140 cm³/mol. The van der Waals surface area contributed by atoms with Gasteiger partial charge in [0.1, 0.15) is 5.75 Å². The van der Waals surface area contributed by atoms with Crippen molar-refractivity contribution >= 4 is 27.8 Å². The number of phenols is 1. The van der Waals surface area contributed by atoms with Crippen molar-refractivity contribution in [3.05, 3.63) is 115 Å². The Balaban J connectivity index is 1.53. The van der Waals surface area contributed by atoms with Gasteiger partial charge < -0.3 is 5.11 Å². The van der Waals surface area contributed by atoms with Crippen LogP contribution >= 0.6 is 0 Å². The molecule has 5 heteroatoms. The Morgan fingerprint density at radius 1 is 0.629 bits per heavy atom. The molecule has 7 aromatic rings. The number of hydrogen-bond donors (Lipinski definition) is 1. The molecule has 0 aliphatic heterocycles. The lowest BCUT2D eigenvalue weighted by Gasteiger charge is -2.08. The highest BCUT2D eigenvalue weighted by Gasteiger charge is 2.20. The molecule has 0 spiro atoms. The van der Waals surface area contributed by atoms with Crippen LogP contribution in [0.25, 0.3) is 55.9 Å². The van der Waals surface area contributed by atoms with E-state index >= 15 is 0 Å². The Morgan fingerprint density at radius 2 is 1.37 bits per heavy atom. The van der Waals surface area contributed by atoms with Crippen LogP contribution in [0.2, 0.25) is 0 Å². The predicted octanol–water partition coefficient (Wildman–Crippen LogP) is 6.87. The number of benzene rings is 4. The first kappa shape index (κ1) is 19.6. The molecule has 3 heterocycles. The van der Waals surface area contributed by atoms with E-state index in [2.05, 4.69) is 64.0 Å². The molecule has 1 N–H and O–H groups in total. The van der Waals surface area contributed by atoms with Crippen LogP contribution in [0.1, 0.15) is 0 Å². The van der Waals surface area contributed by atoms with Crippen LogP contribution in [-0.2, 0) is 0 Å². The summed E-state index contributed by atoms with van der Waals surface area (Å²) in [7, 11) is 0. The van der Waals surface area contributed by atoms with Gasteiger partial charge in [-0.15, -0.1) is 0 Å². The van der Waals surface area contributed by atoms with Gasteiger partial charge in [0, 0.05) is 17.3 Å². The van der Waals surface area contributed by atoms with Crippen LogP contribution in [0.3, 0.4) is 0 Å². The van der Waals surface area contributed by atoms with Gasteiger partial charge in [-0.05, 0) is 54.1 Å². The molecule has 7 rings (SSSR count). The van der Waals surface area contributed by atoms with Gasteiger partial charge in [-0.25, -0.2) is 4.98 Å². The number of aromatic nitrogens is 4. The van der Waals surface area contributed by atoms with Gasteiger partial charge in [0.15, 0.2) is 0 Å². The molecule has 35 heavy (non-hydrogen) atoms. The first-order valence-corrected chi connectivity index (χ1v) is 11.5. The van der Waals surface area contributed by atoms with Crippen molar-refractivity contribution in [2.24, 2.45) is 0 Å². The number of fused-ring (bicyclic) bond motifs is 5. The molecule has 0 saturated heterocycles. The number of nitrogens with zero attached hydrogens (tertiary/aromatic N) is 4. The van der Waals surface area contributed by atoms with Gasteiger partial charge in [-0.2, -0.15) is 0 Å². The molecule has 3 aromatic heterocycles. The minimum absolute atomic E-state index is 0.214. The number of imidazole rings is 2. The SMILES string of the molecule is Oc1ccccc1-n1c2ccccc2n2c3cccc(-c4cccc(-c5ccccn5)c4)c3nc12. The van der Waals surface area contributed by atoms with E-state index in [9.17, 15) is 5.11 Å². The maximum Gasteiger partial charge on any atom is 0.220 e. The molecule has 0 radical (unpaired) electrons. The fourth-order valence-corrected chi connectivity index (χ4v) is 4.93. The van der Waals surface area contributed by atoms with Crippen LogP contribution in [0.15, 0.2) is 115 Å². The number of rotatable bonds is 3. The van der Waals surface area contributed by atoms with E-state index in [1.54, 1.807) is 6.07 Å². The summed E-state index contributed by atoms with van der Waals surface area (Å²) >= 11 is 0. The molecule has 0 fully saturated rings. The molecule has 0 aliphatic carbocycles. The van der Waals surface area contributed by atoms with Crippen molar-refractivity contribution in [3.8, 4) is 33.8 Å². The molecular formula is C30H20N4O. The molecule has 0 bridgehead atoms. The van der Waals surface area contributed by atoms with E-state index in [1.165, 1.54) is 0 Å². The fourth-order valence-electron chi connectivity index (χ4n) is 4.93. The van der Waals surface area contributed by atoms with Gasteiger partial charge in [0.05, 0.1) is 33.4 Å². The highest BCUT2D eigenvalue weighted by Crippen LogP contribution is 2.36. The third kappa shape index (κ3) is 2.95. The third-order valence-electron chi connectivity index (χ3n) is 6.49. The van der Waals surface area contributed by atoms with Crippen LogP contribution in [0.4, 0.5) is 0 Å². The summed E-state index contributed by atoms with van der Waals surface area (Å²) in [4.78, 5) is 9.66. The Kier molecular flexibility index (Phi) is 4.23.